The lowest BCUT2D eigenvalue weighted by Crippen LogP contribution is -2.18. The van der Waals surface area contributed by atoms with Crippen molar-refractivity contribution in [3.8, 4) is 11.4 Å². The first-order valence-electron chi connectivity index (χ1n) is 7.41. The van der Waals surface area contributed by atoms with Crippen molar-refractivity contribution in [1.82, 2.24) is 9.97 Å². The molecule has 0 unspecified atom stereocenters. The van der Waals surface area contributed by atoms with Gasteiger partial charge in [-0.25, -0.2) is 9.37 Å². The van der Waals surface area contributed by atoms with E-state index in [0.717, 1.165) is 47.0 Å². The van der Waals surface area contributed by atoms with Gasteiger partial charge in [0.25, 0.3) is 0 Å². The lowest BCUT2D eigenvalue weighted by molar-refractivity contribution is 0.623. The molecular formula is C17H15BrFN3. The number of H-pyrrole nitrogens is 1. The van der Waals surface area contributed by atoms with E-state index in [4.69, 9.17) is 0 Å². The molecule has 5 heteroatoms. The summed E-state index contributed by atoms with van der Waals surface area (Å²) in [6, 6.07) is 11.2. The summed E-state index contributed by atoms with van der Waals surface area (Å²) in [4.78, 5) is 9.89. The molecule has 0 atom stereocenters. The van der Waals surface area contributed by atoms with Crippen molar-refractivity contribution in [1.29, 1.82) is 0 Å². The van der Waals surface area contributed by atoms with Crippen molar-refractivity contribution in [3.63, 3.8) is 0 Å². The van der Waals surface area contributed by atoms with E-state index in [0.29, 0.717) is 11.5 Å². The highest BCUT2D eigenvalue weighted by molar-refractivity contribution is 9.10. The molecule has 0 aliphatic carbocycles. The fraction of sp³-hybridized carbons (Fsp3) is 0.235. The van der Waals surface area contributed by atoms with Gasteiger partial charge in [-0.05, 0) is 49.2 Å². The molecule has 2 aromatic carbocycles. The van der Waals surface area contributed by atoms with Crippen molar-refractivity contribution in [3.05, 3.63) is 46.7 Å². The van der Waals surface area contributed by atoms with Gasteiger partial charge in [0.2, 0.25) is 0 Å². The summed E-state index contributed by atoms with van der Waals surface area (Å²) in [6.07, 6.45) is 2.28. The van der Waals surface area contributed by atoms with Crippen LogP contribution in [0.2, 0.25) is 0 Å². The summed E-state index contributed by atoms with van der Waals surface area (Å²) in [5.74, 6) is 0.515. The minimum Gasteiger partial charge on any atom is -0.369 e. The zero-order chi connectivity index (χ0) is 15.1. The second kappa shape index (κ2) is 5.39. The van der Waals surface area contributed by atoms with Crippen LogP contribution in [0, 0.1) is 5.82 Å². The second-order valence-corrected chi connectivity index (χ2v) is 6.52. The maximum absolute atomic E-state index is 14.4. The van der Waals surface area contributed by atoms with Gasteiger partial charge in [-0.15, -0.1) is 0 Å². The first-order valence-corrected chi connectivity index (χ1v) is 8.20. The molecular weight excluding hydrogens is 345 g/mol. The van der Waals surface area contributed by atoms with Crippen LogP contribution in [0.1, 0.15) is 12.8 Å². The number of hydrogen-bond acceptors (Lipinski definition) is 2. The monoisotopic (exact) mass is 359 g/mol. The van der Waals surface area contributed by atoms with E-state index >= 15 is 0 Å². The third kappa shape index (κ3) is 2.39. The molecule has 2 heterocycles. The summed E-state index contributed by atoms with van der Waals surface area (Å²) in [5, 5.41) is 0. The highest BCUT2D eigenvalue weighted by Gasteiger charge is 2.17. The second-order valence-electron chi connectivity index (χ2n) is 5.61. The number of rotatable bonds is 2. The van der Waals surface area contributed by atoms with Crippen LogP contribution in [-0.4, -0.2) is 23.1 Å². The molecule has 3 nitrogen and oxygen atoms in total. The fourth-order valence-electron chi connectivity index (χ4n) is 2.99. The summed E-state index contributed by atoms with van der Waals surface area (Å²) in [7, 11) is 0. The average molecular weight is 360 g/mol. The van der Waals surface area contributed by atoms with Crippen LogP contribution < -0.4 is 4.90 Å². The molecule has 0 bridgehead atoms. The number of nitrogens with one attached hydrogen (secondary N) is 1. The Morgan fingerprint density at radius 1 is 1.09 bits per heavy atom. The van der Waals surface area contributed by atoms with Crippen LogP contribution in [0.3, 0.4) is 0 Å². The van der Waals surface area contributed by atoms with Gasteiger partial charge in [0, 0.05) is 23.1 Å². The molecule has 22 heavy (non-hydrogen) atoms. The molecule has 1 N–H and O–H groups in total. The van der Waals surface area contributed by atoms with Crippen molar-refractivity contribution < 1.29 is 4.39 Å². The summed E-state index contributed by atoms with van der Waals surface area (Å²) in [6.45, 7) is 1.88. The Hall–Kier alpha value is -1.88. The Morgan fingerprint density at radius 2 is 1.91 bits per heavy atom. The van der Waals surface area contributed by atoms with E-state index in [2.05, 4.69) is 30.8 Å². The number of nitrogens with zero attached hydrogens (tertiary/aromatic N) is 2. The largest absolute Gasteiger partial charge is 0.369 e. The Labute approximate surface area is 136 Å². The third-order valence-electron chi connectivity index (χ3n) is 4.11. The van der Waals surface area contributed by atoms with Gasteiger partial charge >= 0.3 is 0 Å². The molecule has 1 aromatic heterocycles. The smallest absolute Gasteiger partial charge is 0.147 e. The maximum atomic E-state index is 14.4. The number of benzene rings is 2. The van der Waals surface area contributed by atoms with Gasteiger partial charge in [0.1, 0.15) is 11.6 Å². The molecule has 1 aliphatic heterocycles. The molecule has 0 amide bonds. The highest BCUT2D eigenvalue weighted by atomic mass is 79.9. The van der Waals surface area contributed by atoms with Crippen LogP contribution in [-0.2, 0) is 0 Å². The number of aromatic amines is 1. The number of halogens is 2. The van der Waals surface area contributed by atoms with Crippen molar-refractivity contribution in [2.24, 2.45) is 0 Å². The van der Waals surface area contributed by atoms with Crippen molar-refractivity contribution in [2.75, 3.05) is 18.0 Å². The van der Waals surface area contributed by atoms with Gasteiger partial charge in [0.05, 0.1) is 16.7 Å². The zero-order valence-electron chi connectivity index (χ0n) is 11.9. The SMILES string of the molecule is Fc1cc(-c2nc3ccc(Br)cc3[nH]2)ccc1N1CCCC1. The Bertz CT molecular complexity index is 837. The van der Waals surface area contributed by atoms with Gasteiger partial charge in [-0.1, -0.05) is 15.9 Å². The molecule has 0 saturated carbocycles. The Balaban J connectivity index is 1.73. The average Bonchev–Trinajstić information content (AvgIpc) is 3.15. The van der Waals surface area contributed by atoms with Gasteiger partial charge in [-0.3, -0.25) is 0 Å². The molecule has 0 spiro atoms. The van der Waals surface area contributed by atoms with Gasteiger partial charge in [0.15, 0.2) is 0 Å². The Kier molecular flexibility index (Phi) is 3.37. The minimum absolute atomic E-state index is 0.180. The first kappa shape index (κ1) is 13.8. The van der Waals surface area contributed by atoms with E-state index in [-0.39, 0.29) is 5.82 Å². The predicted octanol–water partition coefficient (Wildman–Crippen LogP) is 4.73. The number of hydrogen-bond donors (Lipinski definition) is 1. The van der Waals surface area contributed by atoms with E-state index in [9.17, 15) is 4.39 Å². The molecule has 3 aromatic rings. The van der Waals surface area contributed by atoms with Crippen LogP contribution in [0.15, 0.2) is 40.9 Å². The van der Waals surface area contributed by atoms with Crippen LogP contribution >= 0.6 is 15.9 Å². The summed E-state index contributed by atoms with van der Waals surface area (Å²) in [5.41, 5.74) is 3.28. The first-order chi connectivity index (χ1) is 10.7. The van der Waals surface area contributed by atoms with Crippen LogP contribution in [0.25, 0.3) is 22.4 Å². The molecule has 1 saturated heterocycles. The molecule has 4 rings (SSSR count). The normalized spacial score (nSPS) is 14.9. The minimum atomic E-state index is -0.180. The molecule has 1 fully saturated rings. The van der Waals surface area contributed by atoms with E-state index < -0.39 is 0 Å². The Morgan fingerprint density at radius 3 is 2.68 bits per heavy atom. The highest BCUT2D eigenvalue weighted by Crippen LogP contribution is 2.29. The predicted molar refractivity (Wildman–Crippen MR) is 90.6 cm³/mol. The molecule has 1 aliphatic rings. The van der Waals surface area contributed by atoms with Gasteiger partial charge < -0.3 is 9.88 Å². The van der Waals surface area contributed by atoms with Gasteiger partial charge in [-0.2, -0.15) is 0 Å². The third-order valence-corrected chi connectivity index (χ3v) is 4.61. The van der Waals surface area contributed by atoms with E-state index in [1.807, 2.05) is 30.3 Å². The fourth-order valence-corrected chi connectivity index (χ4v) is 3.35. The maximum Gasteiger partial charge on any atom is 0.147 e. The van der Waals surface area contributed by atoms with Crippen molar-refractivity contribution >= 4 is 32.7 Å². The number of fused-ring (bicyclic) bond motifs is 1. The molecule has 112 valence electrons. The standard InChI is InChI=1S/C17H15BrFN3/c18-12-4-5-14-15(10-12)21-17(20-14)11-3-6-16(13(19)9-11)22-7-1-2-8-22/h3-6,9-10H,1-2,7-8H2,(H,20,21). The number of aromatic nitrogens is 2. The van der Waals surface area contributed by atoms with Crippen LogP contribution in [0.5, 0.6) is 0 Å². The summed E-state index contributed by atoms with van der Waals surface area (Å²) < 4.78 is 15.4. The number of imidazole rings is 1. The topological polar surface area (TPSA) is 31.9 Å². The zero-order valence-corrected chi connectivity index (χ0v) is 13.5. The lowest BCUT2D eigenvalue weighted by atomic mass is 10.1. The van der Waals surface area contributed by atoms with Crippen molar-refractivity contribution in [2.45, 2.75) is 12.8 Å². The molecule has 0 radical (unpaired) electrons. The van der Waals surface area contributed by atoms with E-state index in [1.54, 1.807) is 6.07 Å². The quantitative estimate of drug-likeness (QED) is 0.716. The van der Waals surface area contributed by atoms with Crippen LogP contribution in [0.4, 0.5) is 10.1 Å². The van der Waals surface area contributed by atoms with E-state index in [1.165, 1.54) is 0 Å². The summed E-state index contributed by atoms with van der Waals surface area (Å²) >= 11 is 3.44. The lowest BCUT2D eigenvalue weighted by Gasteiger charge is -2.18. The number of anilines is 1.